The van der Waals surface area contributed by atoms with Gasteiger partial charge in [-0.25, -0.2) is 0 Å². The minimum atomic E-state index is 0.855. The SMILES string of the molecule is [CH2]CC(=Cc1ccc(CCC)cc1)Cc1ccc(CCC)cc1. The van der Waals surface area contributed by atoms with Crippen molar-refractivity contribution in [2.45, 2.75) is 52.4 Å². The van der Waals surface area contributed by atoms with E-state index in [0.717, 1.165) is 19.3 Å². The zero-order valence-corrected chi connectivity index (χ0v) is 14.6. The van der Waals surface area contributed by atoms with Crippen LogP contribution in [0.3, 0.4) is 0 Å². The predicted octanol–water partition coefficient (Wildman–Crippen LogP) is 6.44. The molecule has 2 aromatic rings. The summed E-state index contributed by atoms with van der Waals surface area (Å²) in [4.78, 5) is 0. The Morgan fingerprint density at radius 1 is 0.783 bits per heavy atom. The molecule has 0 spiro atoms. The summed E-state index contributed by atoms with van der Waals surface area (Å²) in [5, 5.41) is 0. The van der Waals surface area contributed by atoms with E-state index in [9.17, 15) is 0 Å². The summed E-state index contributed by atoms with van der Waals surface area (Å²) in [6.07, 6.45) is 8.88. The molecule has 0 heterocycles. The lowest BCUT2D eigenvalue weighted by molar-refractivity contribution is 0.920. The molecule has 0 nitrogen and oxygen atoms in total. The van der Waals surface area contributed by atoms with Crippen LogP contribution in [-0.4, -0.2) is 0 Å². The van der Waals surface area contributed by atoms with E-state index in [0.29, 0.717) is 0 Å². The van der Waals surface area contributed by atoms with Crippen LogP contribution in [0.5, 0.6) is 0 Å². The van der Waals surface area contributed by atoms with E-state index in [1.165, 1.54) is 47.1 Å². The molecule has 0 aliphatic rings. The fourth-order valence-electron chi connectivity index (χ4n) is 2.89. The molecule has 2 aromatic carbocycles. The molecule has 23 heavy (non-hydrogen) atoms. The molecule has 0 fully saturated rings. The Morgan fingerprint density at radius 3 is 1.74 bits per heavy atom. The van der Waals surface area contributed by atoms with Gasteiger partial charge < -0.3 is 0 Å². The Balaban J connectivity index is 2.06. The first kappa shape index (κ1) is 17.5. The monoisotopic (exact) mass is 305 g/mol. The molecule has 0 saturated carbocycles. The number of hydrogen-bond donors (Lipinski definition) is 0. The lowest BCUT2D eigenvalue weighted by atomic mass is 9.98. The van der Waals surface area contributed by atoms with Gasteiger partial charge in [0.2, 0.25) is 0 Å². The van der Waals surface area contributed by atoms with E-state index in [2.05, 4.69) is 75.4 Å². The quantitative estimate of drug-likeness (QED) is 0.526. The van der Waals surface area contributed by atoms with Crippen LogP contribution in [0.25, 0.3) is 6.08 Å². The summed E-state index contributed by atoms with van der Waals surface area (Å²) in [6.45, 7) is 8.55. The van der Waals surface area contributed by atoms with Crippen molar-refractivity contribution in [1.82, 2.24) is 0 Å². The molecular weight excluding hydrogens is 276 g/mol. The van der Waals surface area contributed by atoms with Gasteiger partial charge in [-0.3, -0.25) is 0 Å². The van der Waals surface area contributed by atoms with Gasteiger partial charge in [0.05, 0.1) is 0 Å². The molecule has 0 bridgehead atoms. The second-order valence-corrected chi connectivity index (χ2v) is 6.29. The molecule has 0 atom stereocenters. The molecule has 0 aliphatic heterocycles. The number of rotatable bonds is 8. The second kappa shape index (κ2) is 9.35. The minimum absolute atomic E-state index is 0.855. The largest absolute Gasteiger partial charge is 0.0652 e. The Hall–Kier alpha value is -1.82. The standard InChI is InChI=1S/C23H29/c1-4-7-20-9-13-22(14-10-20)17-19(6-3)18-23-15-11-21(8-5-2)12-16-23/h9-17H,3-8,18H2,1-2H3. The average Bonchev–Trinajstić information content (AvgIpc) is 2.58. The van der Waals surface area contributed by atoms with Crippen LogP contribution in [0.4, 0.5) is 0 Å². The highest BCUT2D eigenvalue weighted by Crippen LogP contribution is 2.17. The van der Waals surface area contributed by atoms with Crippen molar-refractivity contribution in [3.63, 3.8) is 0 Å². The maximum Gasteiger partial charge on any atom is -0.00638 e. The topological polar surface area (TPSA) is 0 Å². The highest BCUT2D eigenvalue weighted by atomic mass is 14.1. The molecule has 0 aliphatic carbocycles. The van der Waals surface area contributed by atoms with Gasteiger partial charge in [0.1, 0.15) is 0 Å². The summed E-state index contributed by atoms with van der Waals surface area (Å²) in [5.41, 5.74) is 6.90. The second-order valence-electron chi connectivity index (χ2n) is 6.29. The Morgan fingerprint density at radius 2 is 1.26 bits per heavy atom. The zero-order chi connectivity index (χ0) is 16.5. The highest BCUT2D eigenvalue weighted by Gasteiger charge is 2.00. The first-order valence-electron chi connectivity index (χ1n) is 8.90. The maximum absolute atomic E-state index is 4.10. The third-order valence-electron chi connectivity index (χ3n) is 4.20. The van der Waals surface area contributed by atoms with Gasteiger partial charge in [-0.15, -0.1) is 0 Å². The van der Waals surface area contributed by atoms with Gasteiger partial charge in [-0.2, -0.15) is 0 Å². The van der Waals surface area contributed by atoms with Crippen LogP contribution >= 0.6 is 0 Å². The summed E-state index contributed by atoms with van der Waals surface area (Å²) < 4.78 is 0. The van der Waals surface area contributed by atoms with Crippen LogP contribution in [0.15, 0.2) is 54.1 Å². The van der Waals surface area contributed by atoms with Crippen LogP contribution in [0.2, 0.25) is 0 Å². The summed E-state index contributed by atoms with van der Waals surface area (Å²) in [5.74, 6) is 0. The van der Waals surface area contributed by atoms with Crippen LogP contribution in [0, 0.1) is 6.92 Å². The van der Waals surface area contributed by atoms with Crippen molar-refractivity contribution in [2.75, 3.05) is 0 Å². The van der Waals surface area contributed by atoms with Gasteiger partial charge in [0.15, 0.2) is 0 Å². The molecular formula is C23H29. The first-order valence-corrected chi connectivity index (χ1v) is 8.90. The third kappa shape index (κ3) is 5.71. The van der Waals surface area contributed by atoms with Gasteiger partial charge in [-0.05, 0) is 54.9 Å². The minimum Gasteiger partial charge on any atom is -0.0652 e. The fraction of sp³-hybridized carbons (Fsp3) is 0.348. The van der Waals surface area contributed by atoms with Crippen molar-refractivity contribution >= 4 is 6.08 Å². The van der Waals surface area contributed by atoms with E-state index in [1.807, 2.05) is 0 Å². The molecule has 0 N–H and O–H groups in total. The fourth-order valence-corrected chi connectivity index (χ4v) is 2.89. The van der Waals surface area contributed by atoms with Gasteiger partial charge in [-0.1, -0.05) is 86.9 Å². The van der Waals surface area contributed by atoms with Gasteiger partial charge in [0.25, 0.3) is 0 Å². The van der Waals surface area contributed by atoms with Crippen molar-refractivity contribution in [1.29, 1.82) is 0 Å². The van der Waals surface area contributed by atoms with E-state index < -0.39 is 0 Å². The summed E-state index contributed by atoms with van der Waals surface area (Å²) in [6, 6.07) is 18.0. The number of aryl methyl sites for hydroxylation is 2. The van der Waals surface area contributed by atoms with E-state index in [1.54, 1.807) is 0 Å². The molecule has 0 unspecified atom stereocenters. The maximum atomic E-state index is 4.10. The van der Waals surface area contributed by atoms with Crippen molar-refractivity contribution < 1.29 is 0 Å². The molecule has 2 rings (SSSR count). The molecule has 1 radical (unpaired) electrons. The first-order chi connectivity index (χ1) is 11.2. The van der Waals surface area contributed by atoms with Crippen LogP contribution in [0.1, 0.15) is 55.4 Å². The van der Waals surface area contributed by atoms with Crippen LogP contribution < -0.4 is 0 Å². The molecule has 0 heteroatoms. The molecule has 0 amide bonds. The third-order valence-corrected chi connectivity index (χ3v) is 4.20. The van der Waals surface area contributed by atoms with Crippen molar-refractivity contribution in [2.24, 2.45) is 0 Å². The van der Waals surface area contributed by atoms with E-state index in [4.69, 9.17) is 0 Å². The Kier molecular flexibility index (Phi) is 7.13. The predicted molar refractivity (Wildman–Crippen MR) is 103 cm³/mol. The van der Waals surface area contributed by atoms with Crippen molar-refractivity contribution in [3.05, 3.63) is 83.3 Å². The zero-order valence-electron chi connectivity index (χ0n) is 14.6. The highest BCUT2D eigenvalue weighted by molar-refractivity contribution is 5.54. The van der Waals surface area contributed by atoms with E-state index >= 15 is 0 Å². The average molecular weight is 305 g/mol. The van der Waals surface area contributed by atoms with Crippen molar-refractivity contribution in [3.8, 4) is 0 Å². The number of hydrogen-bond acceptors (Lipinski definition) is 0. The number of allylic oxidation sites excluding steroid dienone is 1. The summed E-state index contributed by atoms with van der Waals surface area (Å²) in [7, 11) is 0. The van der Waals surface area contributed by atoms with Gasteiger partial charge >= 0.3 is 0 Å². The lowest BCUT2D eigenvalue weighted by Gasteiger charge is -2.07. The molecule has 0 aromatic heterocycles. The van der Waals surface area contributed by atoms with Gasteiger partial charge in [0, 0.05) is 0 Å². The molecule has 0 saturated heterocycles. The normalized spacial score (nSPS) is 11.7. The molecule has 121 valence electrons. The smallest absolute Gasteiger partial charge is 0.00638 e. The lowest BCUT2D eigenvalue weighted by Crippen LogP contribution is -1.92. The Bertz CT molecular complexity index is 599. The van der Waals surface area contributed by atoms with Crippen LogP contribution in [-0.2, 0) is 19.3 Å². The number of benzene rings is 2. The summed E-state index contributed by atoms with van der Waals surface area (Å²) >= 11 is 0. The van der Waals surface area contributed by atoms with E-state index in [-0.39, 0.29) is 0 Å². The Labute approximate surface area is 142 Å².